The van der Waals surface area contributed by atoms with Crippen LogP contribution in [0.2, 0.25) is 0 Å². The number of carbonyl (C=O) groups excluding carboxylic acids is 2. The fourth-order valence-corrected chi connectivity index (χ4v) is 1.17. The summed E-state index contributed by atoms with van der Waals surface area (Å²) in [5, 5.41) is 2.11. The van der Waals surface area contributed by atoms with Crippen molar-refractivity contribution in [2.45, 2.75) is 0 Å². The van der Waals surface area contributed by atoms with Crippen LogP contribution in [0.5, 0.6) is 0 Å². The second kappa shape index (κ2) is 2.13. The van der Waals surface area contributed by atoms with Gasteiger partial charge in [0.25, 0.3) is 0 Å². The van der Waals surface area contributed by atoms with E-state index < -0.39 is 6.03 Å². The topological polar surface area (TPSA) is 67.8 Å². The normalized spacial score (nSPS) is 29.5. The number of urea groups is 1. The molecule has 1 N–H and O–H groups in total. The van der Waals surface area contributed by atoms with Crippen LogP contribution in [0, 0.1) is 5.92 Å². The molecule has 0 bridgehead atoms. The van der Waals surface area contributed by atoms with Crippen molar-refractivity contribution < 1.29 is 14.3 Å². The number of hydrogen-bond acceptors (Lipinski definition) is 3. The lowest BCUT2D eigenvalue weighted by molar-refractivity contribution is -0.122. The molecule has 0 aromatic heterocycles. The zero-order chi connectivity index (χ0) is 7.84. The van der Waals surface area contributed by atoms with E-state index in [1.54, 1.807) is 0 Å². The van der Waals surface area contributed by atoms with Crippen molar-refractivity contribution in [2.75, 3.05) is 13.2 Å². The van der Waals surface area contributed by atoms with Gasteiger partial charge in [-0.2, -0.15) is 4.99 Å². The Morgan fingerprint density at radius 2 is 2.36 bits per heavy atom. The third-order valence-electron chi connectivity index (χ3n) is 1.73. The van der Waals surface area contributed by atoms with E-state index in [0.717, 1.165) is 0 Å². The van der Waals surface area contributed by atoms with Crippen molar-refractivity contribution in [3.63, 3.8) is 0 Å². The van der Waals surface area contributed by atoms with E-state index in [9.17, 15) is 9.59 Å². The number of aliphatic imine (C=N–C) groups is 1. The Labute approximate surface area is 62.4 Å². The van der Waals surface area contributed by atoms with Gasteiger partial charge in [0.2, 0.25) is 5.91 Å². The van der Waals surface area contributed by atoms with Crippen LogP contribution in [-0.2, 0) is 9.53 Å². The zero-order valence-corrected chi connectivity index (χ0v) is 5.66. The molecular weight excluding hydrogens is 148 g/mol. The van der Waals surface area contributed by atoms with Crippen LogP contribution >= 0.6 is 0 Å². The Morgan fingerprint density at radius 1 is 1.55 bits per heavy atom. The Hall–Kier alpha value is -1.23. The molecule has 0 spiro atoms. The molecule has 0 aromatic carbocycles. The van der Waals surface area contributed by atoms with E-state index in [1.165, 1.54) is 0 Å². The Balaban J connectivity index is 2.34. The van der Waals surface area contributed by atoms with Crippen molar-refractivity contribution in [1.82, 2.24) is 5.32 Å². The van der Waals surface area contributed by atoms with E-state index in [-0.39, 0.29) is 11.8 Å². The summed E-state index contributed by atoms with van der Waals surface area (Å²) < 4.78 is 4.97. The second-order valence-corrected chi connectivity index (χ2v) is 2.47. The van der Waals surface area contributed by atoms with E-state index in [4.69, 9.17) is 4.74 Å². The summed E-state index contributed by atoms with van der Waals surface area (Å²) in [6.45, 7) is 0.655. The molecule has 0 radical (unpaired) electrons. The maximum atomic E-state index is 11.0. The minimum Gasteiger partial charge on any atom is -0.374 e. The molecule has 0 aliphatic carbocycles. The van der Waals surface area contributed by atoms with Crippen LogP contribution < -0.4 is 5.32 Å². The summed E-state index contributed by atoms with van der Waals surface area (Å²) >= 11 is 0. The van der Waals surface area contributed by atoms with E-state index in [0.29, 0.717) is 18.9 Å². The van der Waals surface area contributed by atoms with E-state index >= 15 is 0 Å². The molecular formula is C6H6N2O3. The molecule has 2 aliphatic rings. The quantitative estimate of drug-likeness (QED) is 0.502. The molecule has 1 fully saturated rings. The molecule has 0 saturated carbocycles. The second-order valence-electron chi connectivity index (χ2n) is 2.47. The highest BCUT2D eigenvalue weighted by molar-refractivity contribution is 6.17. The first-order valence-electron chi connectivity index (χ1n) is 3.27. The van der Waals surface area contributed by atoms with Gasteiger partial charge in [-0.1, -0.05) is 0 Å². The van der Waals surface area contributed by atoms with Crippen molar-refractivity contribution in [1.29, 1.82) is 0 Å². The third kappa shape index (κ3) is 0.932. The lowest BCUT2D eigenvalue weighted by Crippen LogP contribution is -2.42. The van der Waals surface area contributed by atoms with Crippen LogP contribution in [0.25, 0.3) is 0 Å². The molecule has 2 aliphatic heterocycles. The first-order valence-corrected chi connectivity index (χ1v) is 3.27. The highest BCUT2D eigenvalue weighted by Crippen LogP contribution is 2.13. The van der Waals surface area contributed by atoms with Gasteiger partial charge in [0.05, 0.1) is 18.9 Å². The maximum absolute atomic E-state index is 11.0. The summed E-state index contributed by atoms with van der Waals surface area (Å²) in [5.74, 6) is -0.620. The van der Waals surface area contributed by atoms with Gasteiger partial charge < -0.3 is 4.74 Å². The van der Waals surface area contributed by atoms with Crippen molar-refractivity contribution in [2.24, 2.45) is 10.9 Å². The molecule has 0 aromatic rings. The van der Waals surface area contributed by atoms with Crippen molar-refractivity contribution >= 4 is 17.6 Å². The van der Waals surface area contributed by atoms with Crippen molar-refractivity contribution in [3.8, 4) is 0 Å². The Bertz CT molecular complexity index is 259. The number of hydrogen-bond donors (Lipinski definition) is 1. The molecule has 1 unspecified atom stereocenters. The standard InChI is InChI=1S/C6H6N2O3/c9-5-3-1-11-2-4(3)7-6(10)8-5/h3H,1-2H2,(H,8,9,10). The molecule has 1 saturated heterocycles. The Morgan fingerprint density at radius 3 is 3.18 bits per heavy atom. The fraction of sp³-hybridized carbons (Fsp3) is 0.500. The molecule has 1 atom stereocenters. The summed E-state index contributed by atoms with van der Waals surface area (Å²) in [7, 11) is 0. The van der Waals surface area contributed by atoms with E-state index in [2.05, 4.69) is 10.3 Å². The highest BCUT2D eigenvalue weighted by Gasteiger charge is 2.34. The first-order chi connectivity index (χ1) is 5.27. The summed E-state index contributed by atoms with van der Waals surface area (Å²) in [5.41, 5.74) is 0.554. The van der Waals surface area contributed by atoms with Gasteiger partial charge in [-0.05, 0) is 0 Å². The number of ether oxygens (including phenoxy) is 1. The summed E-state index contributed by atoms with van der Waals surface area (Å²) in [6, 6.07) is -0.577. The predicted molar refractivity (Wildman–Crippen MR) is 35.3 cm³/mol. The van der Waals surface area contributed by atoms with Crippen LogP contribution in [-0.4, -0.2) is 30.9 Å². The fourth-order valence-electron chi connectivity index (χ4n) is 1.17. The number of nitrogens with zero attached hydrogens (tertiary/aromatic N) is 1. The number of nitrogens with one attached hydrogen (secondary N) is 1. The molecule has 2 heterocycles. The molecule has 2 rings (SSSR count). The highest BCUT2D eigenvalue weighted by atomic mass is 16.5. The molecule has 5 nitrogen and oxygen atoms in total. The van der Waals surface area contributed by atoms with Gasteiger partial charge >= 0.3 is 6.03 Å². The number of imide groups is 1. The number of fused-ring (bicyclic) bond motifs is 1. The minimum atomic E-state index is -0.577. The zero-order valence-electron chi connectivity index (χ0n) is 5.66. The van der Waals surface area contributed by atoms with Gasteiger partial charge in [0, 0.05) is 0 Å². The smallest absolute Gasteiger partial charge is 0.347 e. The van der Waals surface area contributed by atoms with E-state index in [1.807, 2.05) is 0 Å². The molecule has 5 heteroatoms. The number of rotatable bonds is 0. The Kier molecular flexibility index (Phi) is 1.25. The number of carbonyl (C=O) groups is 2. The average molecular weight is 154 g/mol. The third-order valence-corrected chi connectivity index (χ3v) is 1.73. The summed E-state index contributed by atoms with van der Waals surface area (Å²) in [6.07, 6.45) is 0. The first kappa shape index (κ1) is 6.48. The largest absolute Gasteiger partial charge is 0.374 e. The maximum Gasteiger partial charge on any atom is 0.347 e. The van der Waals surface area contributed by atoms with Crippen LogP contribution in [0.4, 0.5) is 4.79 Å². The van der Waals surface area contributed by atoms with Gasteiger partial charge in [-0.25, -0.2) is 4.79 Å². The van der Waals surface area contributed by atoms with Gasteiger partial charge in [0.15, 0.2) is 0 Å². The molecule has 11 heavy (non-hydrogen) atoms. The molecule has 58 valence electrons. The lowest BCUT2D eigenvalue weighted by atomic mass is 10.1. The average Bonchev–Trinajstić information content (AvgIpc) is 2.34. The summed E-state index contributed by atoms with van der Waals surface area (Å²) in [4.78, 5) is 25.2. The monoisotopic (exact) mass is 154 g/mol. The van der Waals surface area contributed by atoms with Gasteiger partial charge in [-0.15, -0.1) is 0 Å². The SMILES string of the molecule is O=C1N=C2COCC2C(=O)N1. The minimum absolute atomic E-state index is 0.294. The van der Waals surface area contributed by atoms with Crippen LogP contribution in [0.1, 0.15) is 0 Å². The molecule has 3 amide bonds. The van der Waals surface area contributed by atoms with Gasteiger partial charge in [0.1, 0.15) is 5.92 Å². The van der Waals surface area contributed by atoms with Gasteiger partial charge in [-0.3, -0.25) is 10.1 Å². The lowest BCUT2D eigenvalue weighted by Gasteiger charge is -2.12. The number of amides is 3. The van der Waals surface area contributed by atoms with Crippen molar-refractivity contribution in [3.05, 3.63) is 0 Å². The predicted octanol–water partition coefficient (Wildman–Crippen LogP) is -0.676. The van der Waals surface area contributed by atoms with Crippen LogP contribution in [0.15, 0.2) is 4.99 Å². The van der Waals surface area contributed by atoms with Crippen LogP contribution in [0.3, 0.4) is 0 Å².